The average Bonchev–Trinajstić information content (AvgIpc) is 2.81. The number of para-hydroxylation sites is 1. The smallest absolute Gasteiger partial charge is 0.227 e. The van der Waals surface area contributed by atoms with E-state index in [0.717, 1.165) is 16.8 Å². The number of nitrogens with one attached hydrogen (secondary N) is 1. The van der Waals surface area contributed by atoms with Crippen molar-refractivity contribution in [2.45, 2.75) is 25.9 Å². The minimum absolute atomic E-state index is 0.304. The molecule has 1 aliphatic rings. The molecular weight excluding hydrogens is 403 g/mol. The van der Waals surface area contributed by atoms with Gasteiger partial charge in [0.1, 0.15) is 11.7 Å². The van der Waals surface area contributed by atoms with Crippen LogP contribution >= 0.6 is 0 Å². The number of halogens is 1. The Kier molecular flexibility index (Phi) is 6.92. The molecule has 0 saturated carbocycles. The van der Waals surface area contributed by atoms with Gasteiger partial charge in [-0.2, -0.15) is 4.99 Å². The first-order valence-corrected chi connectivity index (χ1v) is 10.8. The molecule has 0 spiro atoms. The third-order valence-corrected chi connectivity index (χ3v) is 5.45. The maximum absolute atomic E-state index is 13.4. The van der Waals surface area contributed by atoms with Crippen LogP contribution in [0, 0.1) is 12.7 Å². The minimum atomic E-state index is -0.305. The Morgan fingerprint density at radius 2 is 1.59 bits per heavy atom. The Balaban J connectivity index is 1.78. The van der Waals surface area contributed by atoms with Crippen molar-refractivity contribution in [1.29, 1.82) is 0 Å². The van der Waals surface area contributed by atoms with E-state index in [2.05, 4.69) is 10.2 Å². The van der Waals surface area contributed by atoms with Gasteiger partial charge < -0.3 is 15.3 Å². The lowest BCUT2D eigenvalue weighted by Crippen LogP contribution is -2.40. The number of guanidine groups is 1. The van der Waals surface area contributed by atoms with Gasteiger partial charge in [-0.05, 0) is 61.7 Å². The van der Waals surface area contributed by atoms with Gasteiger partial charge in [-0.15, -0.1) is 0 Å². The second-order valence-corrected chi connectivity index (χ2v) is 7.87. The number of nitrogens with zero attached hydrogens (tertiary/aromatic N) is 3. The third-order valence-electron chi connectivity index (χ3n) is 5.45. The first kappa shape index (κ1) is 21.7. The van der Waals surface area contributed by atoms with Crippen LogP contribution in [0.5, 0.6) is 0 Å². The topological polar surface area (TPSA) is 60.2 Å². The van der Waals surface area contributed by atoms with Crippen LogP contribution in [0.4, 0.5) is 15.8 Å². The Bertz CT molecular complexity index is 1090. The number of aliphatic hydroxyl groups excluding tert-OH is 1. The number of rotatable bonds is 3. The molecule has 5 nitrogen and oxygen atoms in total. The molecule has 4 rings (SSSR count). The molecule has 1 saturated heterocycles. The van der Waals surface area contributed by atoms with Crippen molar-refractivity contribution in [1.82, 2.24) is 4.90 Å². The van der Waals surface area contributed by atoms with E-state index in [9.17, 15) is 9.50 Å². The highest BCUT2D eigenvalue weighted by atomic mass is 19.1. The van der Waals surface area contributed by atoms with Gasteiger partial charge in [0.2, 0.25) is 5.96 Å². The lowest BCUT2D eigenvalue weighted by Gasteiger charge is -2.30. The van der Waals surface area contributed by atoms with Gasteiger partial charge in [-0.1, -0.05) is 42.5 Å². The lowest BCUT2D eigenvalue weighted by molar-refractivity contribution is 0.109. The Labute approximate surface area is 188 Å². The van der Waals surface area contributed by atoms with Crippen molar-refractivity contribution in [3.05, 3.63) is 95.8 Å². The van der Waals surface area contributed by atoms with Gasteiger partial charge in [0.15, 0.2) is 0 Å². The predicted octanol–water partition coefficient (Wildman–Crippen LogP) is 5.14. The highest BCUT2D eigenvalue weighted by molar-refractivity contribution is 6.14. The molecule has 6 heteroatoms. The number of likely N-dealkylation sites (tertiary alicyclic amines) is 1. The van der Waals surface area contributed by atoms with Gasteiger partial charge in [0, 0.05) is 24.3 Å². The van der Waals surface area contributed by atoms with E-state index in [1.807, 2.05) is 61.5 Å². The largest absolute Gasteiger partial charge is 0.393 e. The van der Waals surface area contributed by atoms with Crippen molar-refractivity contribution in [2.75, 3.05) is 18.4 Å². The normalized spacial score (nSPS) is 15.7. The van der Waals surface area contributed by atoms with Gasteiger partial charge in [-0.25, -0.2) is 9.38 Å². The number of anilines is 1. The maximum atomic E-state index is 13.4. The van der Waals surface area contributed by atoms with Crippen molar-refractivity contribution >= 4 is 23.2 Å². The Morgan fingerprint density at radius 1 is 0.938 bits per heavy atom. The zero-order valence-electron chi connectivity index (χ0n) is 18.1. The Morgan fingerprint density at radius 3 is 2.28 bits per heavy atom. The molecule has 1 heterocycles. The summed E-state index contributed by atoms with van der Waals surface area (Å²) in [6, 6.07) is 24.0. The number of benzene rings is 3. The van der Waals surface area contributed by atoms with Crippen LogP contribution in [-0.4, -0.2) is 41.0 Å². The zero-order chi connectivity index (χ0) is 22.3. The van der Waals surface area contributed by atoms with E-state index in [-0.39, 0.29) is 11.9 Å². The fourth-order valence-corrected chi connectivity index (χ4v) is 3.62. The first-order chi connectivity index (χ1) is 15.6. The summed E-state index contributed by atoms with van der Waals surface area (Å²) >= 11 is 0. The minimum Gasteiger partial charge on any atom is -0.393 e. The second-order valence-electron chi connectivity index (χ2n) is 7.87. The van der Waals surface area contributed by atoms with Crippen LogP contribution in [0.3, 0.4) is 0 Å². The van der Waals surface area contributed by atoms with E-state index in [4.69, 9.17) is 9.98 Å². The molecule has 3 aromatic rings. The zero-order valence-corrected chi connectivity index (χ0v) is 18.1. The quantitative estimate of drug-likeness (QED) is 0.447. The molecule has 1 aliphatic heterocycles. The summed E-state index contributed by atoms with van der Waals surface area (Å²) < 4.78 is 13.4. The first-order valence-electron chi connectivity index (χ1n) is 10.8. The van der Waals surface area contributed by atoms with Crippen molar-refractivity contribution in [2.24, 2.45) is 9.98 Å². The molecule has 0 amide bonds. The summed E-state index contributed by atoms with van der Waals surface area (Å²) in [7, 11) is 0. The summed E-state index contributed by atoms with van der Waals surface area (Å²) in [5.41, 5.74) is 3.61. The SMILES string of the molecule is Cc1ccccc1/C(=N\C(=Nc1ccc(F)cc1)N1CCC(O)CC1)Nc1ccccc1. The summed E-state index contributed by atoms with van der Waals surface area (Å²) in [4.78, 5) is 11.8. The molecule has 164 valence electrons. The molecule has 0 aliphatic carbocycles. The van der Waals surface area contributed by atoms with E-state index in [1.165, 1.54) is 12.1 Å². The number of hydrogen-bond donors (Lipinski definition) is 2. The van der Waals surface area contributed by atoms with Crippen LogP contribution < -0.4 is 5.32 Å². The molecule has 1 fully saturated rings. The van der Waals surface area contributed by atoms with E-state index in [0.29, 0.717) is 43.4 Å². The van der Waals surface area contributed by atoms with Crippen molar-refractivity contribution in [3.63, 3.8) is 0 Å². The fourth-order valence-electron chi connectivity index (χ4n) is 3.62. The number of hydrogen-bond acceptors (Lipinski definition) is 2. The maximum Gasteiger partial charge on any atom is 0.227 e. The van der Waals surface area contributed by atoms with E-state index in [1.54, 1.807) is 12.1 Å². The number of aliphatic hydroxyl groups is 1. The van der Waals surface area contributed by atoms with Crippen LogP contribution in [0.2, 0.25) is 0 Å². The molecule has 2 N–H and O–H groups in total. The van der Waals surface area contributed by atoms with Crippen LogP contribution in [0.15, 0.2) is 88.8 Å². The molecule has 0 atom stereocenters. The summed E-state index contributed by atoms with van der Waals surface area (Å²) in [5, 5.41) is 13.4. The monoisotopic (exact) mass is 430 g/mol. The van der Waals surface area contributed by atoms with Gasteiger partial charge in [-0.3, -0.25) is 0 Å². The van der Waals surface area contributed by atoms with Crippen molar-refractivity contribution in [3.8, 4) is 0 Å². The van der Waals surface area contributed by atoms with Crippen LogP contribution in [0.1, 0.15) is 24.0 Å². The molecule has 0 radical (unpaired) electrons. The molecule has 0 unspecified atom stereocenters. The van der Waals surface area contributed by atoms with E-state index < -0.39 is 0 Å². The molecule has 32 heavy (non-hydrogen) atoms. The average molecular weight is 431 g/mol. The summed E-state index contributed by atoms with van der Waals surface area (Å²) in [6.45, 7) is 3.35. The Hall–Kier alpha value is -3.51. The van der Waals surface area contributed by atoms with Crippen LogP contribution in [-0.2, 0) is 0 Å². The number of aryl methyl sites for hydroxylation is 1. The third kappa shape index (κ3) is 5.59. The fraction of sp³-hybridized carbons (Fsp3) is 0.231. The second kappa shape index (κ2) is 10.2. The van der Waals surface area contributed by atoms with Gasteiger partial charge >= 0.3 is 0 Å². The van der Waals surface area contributed by atoms with E-state index >= 15 is 0 Å². The molecule has 0 bridgehead atoms. The molecule has 3 aromatic carbocycles. The van der Waals surface area contributed by atoms with Crippen LogP contribution in [0.25, 0.3) is 0 Å². The number of amidine groups is 1. The highest BCUT2D eigenvalue weighted by Crippen LogP contribution is 2.19. The lowest BCUT2D eigenvalue weighted by atomic mass is 10.1. The van der Waals surface area contributed by atoms with Crippen molar-refractivity contribution < 1.29 is 9.50 Å². The van der Waals surface area contributed by atoms with Gasteiger partial charge in [0.05, 0.1) is 11.8 Å². The molecule has 0 aromatic heterocycles. The highest BCUT2D eigenvalue weighted by Gasteiger charge is 2.21. The van der Waals surface area contributed by atoms with Gasteiger partial charge in [0.25, 0.3) is 0 Å². The number of piperidine rings is 1. The summed E-state index contributed by atoms with van der Waals surface area (Å²) in [6.07, 6.45) is 1.01. The summed E-state index contributed by atoms with van der Waals surface area (Å²) in [5.74, 6) is 0.910. The standard InChI is InChI=1S/C26H27FN4O/c1-19-7-5-6-10-24(19)25(28-21-8-3-2-4-9-21)30-26(31-17-15-23(32)16-18-31)29-22-13-11-20(27)12-14-22/h2-14,23,32H,15-18H2,1H3,(H,28,29,30). The predicted molar refractivity (Wildman–Crippen MR) is 128 cm³/mol. The molecular formula is C26H27FN4O. The number of aliphatic imine (C=N–C) groups is 2.